The normalized spacial score (nSPS) is 19.4. The first-order chi connectivity index (χ1) is 12.2. The average molecular weight is 383 g/mol. The quantitative estimate of drug-likeness (QED) is 0.538. The lowest BCUT2D eigenvalue weighted by molar-refractivity contribution is -0.156. The Balaban J connectivity index is 1.76. The monoisotopic (exact) mass is 383 g/mol. The Labute approximate surface area is 151 Å². The van der Waals surface area contributed by atoms with Gasteiger partial charge in [0.2, 0.25) is 0 Å². The molecule has 2 atom stereocenters. The van der Waals surface area contributed by atoms with E-state index in [1.165, 1.54) is 13.8 Å². The molecule has 1 amide bonds. The molecular formula is C17H21NO7S. The van der Waals surface area contributed by atoms with Gasteiger partial charge in [-0.05, 0) is 44.5 Å². The van der Waals surface area contributed by atoms with Crippen LogP contribution in [0.2, 0.25) is 0 Å². The highest BCUT2D eigenvalue weighted by molar-refractivity contribution is 7.91. The Hall–Kier alpha value is -2.42. The van der Waals surface area contributed by atoms with Crippen molar-refractivity contribution in [2.24, 2.45) is 0 Å². The number of ketones is 1. The van der Waals surface area contributed by atoms with Crippen LogP contribution in [-0.2, 0) is 24.2 Å². The third kappa shape index (κ3) is 5.83. The molecule has 0 aliphatic carbocycles. The van der Waals surface area contributed by atoms with Gasteiger partial charge in [-0.1, -0.05) is 0 Å². The van der Waals surface area contributed by atoms with E-state index in [0.29, 0.717) is 17.7 Å². The number of rotatable bonds is 7. The van der Waals surface area contributed by atoms with Gasteiger partial charge in [-0.3, -0.25) is 9.59 Å². The van der Waals surface area contributed by atoms with Crippen LogP contribution in [0.25, 0.3) is 0 Å². The predicted molar refractivity (Wildman–Crippen MR) is 92.7 cm³/mol. The molecule has 0 saturated carbocycles. The summed E-state index contributed by atoms with van der Waals surface area (Å²) >= 11 is 0. The number of Topliss-reactive ketones (excluding diaryl/α,β-unsaturated/α-hetero) is 1. The highest BCUT2D eigenvalue weighted by Gasteiger charge is 2.30. The second-order valence-electron chi connectivity index (χ2n) is 6.11. The van der Waals surface area contributed by atoms with Crippen LogP contribution in [0.15, 0.2) is 24.3 Å². The highest BCUT2D eigenvalue weighted by atomic mass is 32.2. The molecule has 8 nitrogen and oxygen atoms in total. The van der Waals surface area contributed by atoms with Gasteiger partial charge in [0.25, 0.3) is 5.91 Å². The molecule has 1 N–H and O–H groups in total. The second kappa shape index (κ2) is 8.31. The number of carbonyl (C=O) groups is 3. The van der Waals surface area contributed by atoms with Crippen LogP contribution in [-0.4, -0.2) is 56.3 Å². The first-order valence-electron chi connectivity index (χ1n) is 8.10. The van der Waals surface area contributed by atoms with E-state index in [9.17, 15) is 22.8 Å². The molecule has 0 aromatic heterocycles. The molecule has 1 aliphatic heterocycles. The first kappa shape index (κ1) is 19.9. The summed E-state index contributed by atoms with van der Waals surface area (Å²) in [5.74, 6) is -1.03. The largest absolute Gasteiger partial charge is 0.482 e. The van der Waals surface area contributed by atoms with Crippen LogP contribution in [0.3, 0.4) is 0 Å². The molecule has 1 saturated heterocycles. The number of ether oxygens (including phenoxy) is 2. The van der Waals surface area contributed by atoms with E-state index >= 15 is 0 Å². The topological polar surface area (TPSA) is 116 Å². The first-order valence-corrected chi connectivity index (χ1v) is 9.92. The number of esters is 1. The van der Waals surface area contributed by atoms with E-state index < -0.39 is 40.5 Å². The summed E-state index contributed by atoms with van der Waals surface area (Å²) in [5, 5.41) is 2.56. The smallest absolute Gasteiger partial charge is 0.344 e. The van der Waals surface area contributed by atoms with Gasteiger partial charge >= 0.3 is 5.97 Å². The molecule has 2 rings (SSSR count). The van der Waals surface area contributed by atoms with Gasteiger partial charge in [0, 0.05) is 11.6 Å². The maximum Gasteiger partial charge on any atom is 0.344 e. The van der Waals surface area contributed by atoms with E-state index in [0.717, 1.165) is 0 Å². The minimum absolute atomic E-state index is 0.0440. The fraction of sp³-hybridized carbons (Fsp3) is 0.471. The molecule has 1 aliphatic rings. The maximum absolute atomic E-state index is 12.0. The summed E-state index contributed by atoms with van der Waals surface area (Å²) in [7, 11) is -3.10. The van der Waals surface area contributed by atoms with Crippen molar-refractivity contribution in [2.45, 2.75) is 32.4 Å². The number of hydrogen-bond acceptors (Lipinski definition) is 7. The van der Waals surface area contributed by atoms with Gasteiger partial charge in [-0.2, -0.15) is 0 Å². The molecule has 0 unspecified atom stereocenters. The molecule has 0 radical (unpaired) electrons. The van der Waals surface area contributed by atoms with Gasteiger partial charge in [0.1, 0.15) is 5.75 Å². The molecule has 26 heavy (non-hydrogen) atoms. The number of amides is 1. The van der Waals surface area contributed by atoms with Crippen molar-refractivity contribution in [2.75, 3.05) is 18.1 Å². The third-order valence-electron chi connectivity index (χ3n) is 3.87. The van der Waals surface area contributed by atoms with Gasteiger partial charge in [-0.15, -0.1) is 0 Å². The maximum atomic E-state index is 12.0. The van der Waals surface area contributed by atoms with E-state index in [2.05, 4.69) is 5.32 Å². The van der Waals surface area contributed by atoms with Gasteiger partial charge in [-0.25, -0.2) is 13.2 Å². The number of carbonyl (C=O) groups excluding carboxylic acids is 3. The van der Waals surface area contributed by atoms with Gasteiger partial charge in [0.05, 0.1) is 11.5 Å². The van der Waals surface area contributed by atoms with E-state index in [4.69, 9.17) is 9.47 Å². The SMILES string of the molecule is CC(=O)c1ccc(OCC(=O)O[C@@H](C)C(=O)N[C@@H]2CCS(=O)(=O)C2)cc1. The summed E-state index contributed by atoms with van der Waals surface area (Å²) in [6.07, 6.45) is -0.705. The number of nitrogens with one attached hydrogen (secondary N) is 1. The Kier molecular flexibility index (Phi) is 6.36. The zero-order chi connectivity index (χ0) is 19.3. The van der Waals surface area contributed by atoms with Crippen LogP contribution in [0.4, 0.5) is 0 Å². The van der Waals surface area contributed by atoms with Crippen molar-refractivity contribution in [3.05, 3.63) is 29.8 Å². The summed E-state index contributed by atoms with van der Waals surface area (Å²) in [6.45, 7) is 2.45. The van der Waals surface area contributed by atoms with Crippen molar-refractivity contribution in [1.82, 2.24) is 5.32 Å². The fourth-order valence-electron chi connectivity index (χ4n) is 2.44. The molecule has 142 valence electrons. The summed E-state index contributed by atoms with van der Waals surface area (Å²) < 4.78 is 33.0. The van der Waals surface area contributed by atoms with Crippen molar-refractivity contribution in [3.8, 4) is 5.75 Å². The zero-order valence-corrected chi connectivity index (χ0v) is 15.4. The number of hydrogen-bond donors (Lipinski definition) is 1. The number of benzene rings is 1. The standard InChI is InChI=1S/C17H21NO7S/c1-11(19)13-3-5-15(6-4-13)24-9-16(20)25-12(2)17(21)18-14-7-8-26(22,23)10-14/h3-6,12,14H,7-10H2,1-2H3,(H,18,21)/t12-,14+/m0/s1. The summed E-state index contributed by atoms with van der Waals surface area (Å²) in [6, 6.07) is 5.81. The van der Waals surface area contributed by atoms with Gasteiger partial charge in [0.15, 0.2) is 28.3 Å². The minimum Gasteiger partial charge on any atom is -0.482 e. The lowest BCUT2D eigenvalue weighted by Crippen LogP contribution is -2.43. The van der Waals surface area contributed by atoms with Crippen molar-refractivity contribution in [3.63, 3.8) is 0 Å². The average Bonchev–Trinajstić information content (AvgIpc) is 2.91. The number of sulfone groups is 1. The van der Waals surface area contributed by atoms with Crippen LogP contribution < -0.4 is 10.1 Å². The summed E-state index contributed by atoms with van der Waals surface area (Å²) in [5.41, 5.74) is 0.527. The molecule has 1 aromatic rings. The molecule has 1 heterocycles. The minimum atomic E-state index is -3.10. The van der Waals surface area contributed by atoms with Gasteiger partial charge < -0.3 is 14.8 Å². The van der Waals surface area contributed by atoms with Crippen LogP contribution in [0.1, 0.15) is 30.6 Å². The van der Waals surface area contributed by atoms with Crippen LogP contribution in [0, 0.1) is 0 Å². The molecule has 9 heteroatoms. The molecule has 1 fully saturated rings. The van der Waals surface area contributed by atoms with Crippen molar-refractivity contribution in [1.29, 1.82) is 0 Å². The predicted octanol–water partition coefficient (Wildman–Crippen LogP) is 0.503. The van der Waals surface area contributed by atoms with E-state index in [-0.39, 0.29) is 17.3 Å². The fourth-order valence-corrected chi connectivity index (χ4v) is 4.11. The highest BCUT2D eigenvalue weighted by Crippen LogP contribution is 2.13. The Bertz CT molecular complexity index is 786. The van der Waals surface area contributed by atoms with Crippen molar-refractivity contribution < 1.29 is 32.3 Å². The molecule has 1 aromatic carbocycles. The Morgan fingerprint density at radius 3 is 2.42 bits per heavy atom. The third-order valence-corrected chi connectivity index (χ3v) is 5.64. The Morgan fingerprint density at radius 2 is 1.88 bits per heavy atom. The second-order valence-corrected chi connectivity index (χ2v) is 8.34. The lowest BCUT2D eigenvalue weighted by Gasteiger charge is -2.16. The molecule has 0 spiro atoms. The van der Waals surface area contributed by atoms with Crippen LogP contribution >= 0.6 is 0 Å². The lowest BCUT2D eigenvalue weighted by atomic mass is 10.1. The zero-order valence-electron chi connectivity index (χ0n) is 14.6. The van der Waals surface area contributed by atoms with Crippen LogP contribution in [0.5, 0.6) is 5.75 Å². The molecule has 0 bridgehead atoms. The summed E-state index contributed by atoms with van der Waals surface area (Å²) in [4.78, 5) is 34.9. The molecular weight excluding hydrogens is 362 g/mol. The van der Waals surface area contributed by atoms with E-state index in [1.807, 2.05) is 0 Å². The van der Waals surface area contributed by atoms with E-state index in [1.54, 1.807) is 24.3 Å². The van der Waals surface area contributed by atoms with Crippen molar-refractivity contribution >= 4 is 27.5 Å². The Morgan fingerprint density at radius 1 is 1.23 bits per heavy atom.